The zero-order chi connectivity index (χ0) is 10.1. The van der Waals surface area contributed by atoms with Gasteiger partial charge in [-0.25, -0.2) is 4.99 Å². The van der Waals surface area contributed by atoms with Crippen molar-refractivity contribution in [2.75, 3.05) is 0 Å². The summed E-state index contributed by atoms with van der Waals surface area (Å²) in [7, 11) is 0. The van der Waals surface area contributed by atoms with Gasteiger partial charge in [-0.05, 0) is 25.3 Å². The normalized spacial score (nSPS) is 22.9. The van der Waals surface area contributed by atoms with Gasteiger partial charge >= 0.3 is 0 Å². The minimum absolute atomic E-state index is 0.271. The Morgan fingerprint density at radius 1 is 1.31 bits per heavy atom. The van der Waals surface area contributed by atoms with E-state index in [0.717, 1.165) is 0 Å². The predicted molar refractivity (Wildman–Crippen MR) is 57.9 cm³/mol. The Morgan fingerprint density at radius 2 is 1.92 bits per heavy atom. The van der Waals surface area contributed by atoms with E-state index in [2.05, 4.69) is 50.6 Å². The van der Waals surface area contributed by atoms with E-state index in [0.29, 0.717) is 12.1 Å². The molecule has 0 aromatic rings. The summed E-state index contributed by atoms with van der Waals surface area (Å²) in [6.45, 7) is 11.2. The monoisotopic (exact) mass is 180 g/mol. The van der Waals surface area contributed by atoms with Crippen molar-refractivity contribution in [2.24, 2.45) is 10.4 Å². The minimum Gasteiger partial charge on any atom is -0.353 e. The van der Waals surface area contributed by atoms with Crippen molar-refractivity contribution >= 4 is 6.34 Å². The first-order valence-corrected chi connectivity index (χ1v) is 4.90. The van der Waals surface area contributed by atoms with Crippen molar-refractivity contribution in [1.29, 1.82) is 0 Å². The van der Waals surface area contributed by atoms with Gasteiger partial charge in [-0.3, -0.25) is 0 Å². The lowest BCUT2D eigenvalue weighted by Crippen LogP contribution is -2.46. The van der Waals surface area contributed by atoms with Crippen molar-refractivity contribution in [3.63, 3.8) is 0 Å². The third kappa shape index (κ3) is 2.33. The van der Waals surface area contributed by atoms with Gasteiger partial charge in [-0.2, -0.15) is 0 Å². The second kappa shape index (κ2) is 3.52. The van der Waals surface area contributed by atoms with Crippen LogP contribution in [0.1, 0.15) is 34.6 Å². The van der Waals surface area contributed by atoms with E-state index in [1.54, 1.807) is 0 Å². The smallest absolute Gasteiger partial charge is 0.0912 e. The summed E-state index contributed by atoms with van der Waals surface area (Å²) < 4.78 is 0. The summed E-state index contributed by atoms with van der Waals surface area (Å²) in [4.78, 5) is 6.47. The summed E-state index contributed by atoms with van der Waals surface area (Å²) in [6.07, 6.45) is 6.02. The molecule has 2 heteroatoms. The molecule has 1 atom stereocenters. The first-order chi connectivity index (χ1) is 5.93. The molecule has 0 aliphatic carbocycles. The van der Waals surface area contributed by atoms with Gasteiger partial charge in [-0.15, -0.1) is 0 Å². The molecule has 1 unspecified atom stereocenters. The average Bonchev–Trinajstić information content (AvgIpc) is 2.03. The molecule has 0 aromatic heterocycles. The van der Waals surface area contributed by atoms with Crippen LogP contribution >= 0.6 is 0 Å². The highest BCUT2D eigenvalue weighted by Gasteiger charge is 2.29. The van der Waals surface area contributed by atoms with E-state index in [4.69, 9.17) is 0 Å². The summed E-state index contributed by atoms with van der Waals surface area (Å²) >= 11 is 0. The first-order valence-electron chi connectivity index (χ1n) is 4.90. The fourth-order valence-electron chi connectivity index (χ4n) is 1.61. The Balaban J connectivity index is 2.83. The van der Waals surface area contributed by atoms with Crippen LogP contribution < -0.4 is 0 Å². The molecule has 1 rings (SSSR count). The van der Waals surface area contributed by atoms with Gasteiger partial charge in [0.15, 0.2) is 0 Å². The van der Waals surface area contributed by atoms with Crippen LogP contribution in [0.2, 0.25) is 0 Å². The van der Waals surface area contributed by atoms with Crippen LogP contribution in [0.15, 0.2) is 17.3 Å². The Morgan fingerprint density at radius 3 is 2.31 bits per heavy atom. The van der Waals surface area contributed by atoms with E-state index in [9.17, 15) is 0 Å². The SMILES string of the molecule is CC(C)N1C=NC=CC1C(C)(C)C. The van der Waals surface area contributed by atoms with Crippen LogP contribution in [0.3, 0.4) is 0 Å². The third-order valence-electron chi connectivity index (χ3n) is 2.36. The van der Waals surface area contributed by atoms with Crippen molar-refractivity contribution in [3.05, 3.63) is 12.3 Å². The van der Waals surface area contributed by atoms with E-state index in [1.807, 2.05) is 12.5 Å². The lowest BCUT2D eigenvalue weighted by atomic mass is 9.85. The van der Waals surface area contributed by atoms with Gasteiger partial charge in [0.2, 0.25) is 0 Å². The largest absolute Gasteiger partial charge is 0.353 e. The zero-order valence-corrected chi connectivity index (χ0v) is 9.28. The summed E-state index contributed by atoms with van der Waals surface area (Å²) in [5, 5.41) is 0. The fourth-order valence-corrected chi connectivity index (χ4v) is 1.61. The highest BCUT2D eigenvalue weighted by atomic mass is 15.2. The Bertz CT molecular complexity index is 221. The van der Waals surface area contributed by atoms with Crippen molar-refractivity contribution in [2.45, 2.75) is 46.7 Å². The Kier molecular flexibility index (Phi) is 2.79. The highest BCUT2D eigenvalue weighted by molar-refractivity contribution is 5.59. The second-order valence-corrected chi connectivity index (χ2v) is 4.96. The fraction of sp³-hybridized carbons (Fsp3) is 0.727. The topological polar surface area (TPSA) is 15.6 Å². The van der Waals surface area contributed by atoms with Gasteiger partial charge in [0.1, 0.15) is 0 Å². The highest BCUT2D eigenvalue weighted by Crippen LogP contribution is 2.27. The predicted octanol–water partition coefficient (Wildman–Crippen LogP) is 2.67. The van der Waals surface area contributed by atoms with Crippen molar-refractivity contribution < 1.29 is 0 Å². The van der Waals surface area contributed by atoms with Crippen LogP contribution in [-0.2, 0) is 0 Å². The lowest BCUT2D eigenvalue weighted by molar-refractivity contribution is 0.182. The maximum atomic E-state index is 4.16. The minimum atomic E-state index is 0.271. The number of hydrogen-bond acceptors (Lipinski definition) is 2. The third-order valence-corrected chi connectivity index (χ3v) is 2.36. The van der Waals surface area contributed by atoms with E-state index >= 15 is 0 Å². The van der Waals surface area contributed by atoms with Gasteiger partial charge < -0.3 is 4.90 Å². The number of aliphatic imine (C=N–C) groups is 1. The summed E-state index contributed by atoms with van der Waals surface area (Å²) in [5.74, 6) is 0. The molecule has 0 fully saturated rings. The standard InChI is InChI=1S/C11H20N2/c1-9(2)13-8-12-7-6-10(13)11(3,4)5/h6-10H,1-5H3. The molecular formula is C11H20N2. The van der Waals surface area contributed by atoms with Crippen LogP contribution in [0, 0.1) is 5.41 Å². The number of rotatable bonds is 1. The van der Waals surface area contributed by atoms with Gasteiger partial charge in [-0.1, -0.05) is 20.8 Å². The quantitative estimate of drug-likeness (QED) is 0.605. The van der Waals surface area contributed by atoms with E-state index in [1.165, 1.54) is 0 Å². The molecule has 0 N–H and O–H groups in total. The molecule has 2 nitrogen and oxygen atoms in total. The molecular weight excluding hydrogens is 160 g/mol. The van der Waals surface area contributed by atoms with E-state index in [-0.39, 0.29) is 5.41 Å². The first kappa shape index (κ1) is 10.3. The molecule has 74 valence electrons. The molecule has 1 heterocycles. The molecule has 1 aliphatic rings. The van der Waals surface area contributed by atoms with Crippen LogP contribution in [0.5, 0.6) is 0 Å². The zero-order valence-electron chi connectivity index (χ0n) is 9.28. The summed E-state index contributed by atoms with van der Waals surface area (Å²) in [5.41, 5.74) is 0.271. The molecule has 13 heavy (non-hydrogen) atoms. The number of hydrogen-bond donors (Lipinski definition) is 0. The van der Waals surface area contributed by atoms with Crippen LogP contribution in [0.4, 0.5) is 0 Å². The Labute approximate surface area is 81.3 Å². The maximum Gasteiger partial charge on any atom is 0.0912 e. The van der Waals surface area contributed by atoms with Crippen LogP contribution in [0.25, 0.3) is 0 Å². The molecule has 0 amide bonds. The summed E-state index contributed by atoms with van der Waals surface area (Å²) in [6, 6.07) is 0.975. The average molecular weight is 180 g/mol. The molecule has 0 saturated carbocycles. The lowest BCUT2D eigenvalue weighted by Gasteiger charge is -2.40. The van der Waals surface area contributed by atoms with Gasteiger partial charge in [0.05, 0.1) is 12.4 Å². The van der Waals surface area contributed by atoms with Gasteiger partial charge in [0, 0.05) is 12.2 Å². The molecule has 0 aromatic carbocycles. The van der Waals surface area contributed by atoms with Crippen molar-refractivity contribution in [3.8, 4) is 0 Å². The molecule has 1 aliphatic heterocycles. The van der Waals surface area contributed by atoms with Gasteiger partial charge in [0.25, 0.3) is 0 Å². The molecule has 0 bridgehead atoms. The van der Waals surface area contributed by atoms with Crippen molar-refractivity contribution in [1.82, 2.24) is 4.90 Å². The van der Waals surface area contributed by atoms with E-state index < -0.39 is 0 Å². The molecule has 0 radical (unpaired) electrons. The number of nitrogens with zero attached hydrogens (tertiary/aromatic N) is 2. The molecule has 0 spiro atoms. The Hall–Kier alpha value is -0.790. The van der Waals surface area contributed by atoms with Crippen LogP contribution in [-0.4, -0.2) is 23.3 Å². The molecule has 0 saturated heterocycles. The maximum absolute atomic E-state index is 4.16. The second-order valence-electron chi connectivity index (χ2n) is 4.96.